The first-order chi connectivity index (χ1) is 18.3. The number of aliphatic hydroxyl groups excluding tert-OH is 1. The lowest BCUT2D eigenvalue weighted by atomic mass is 10.2. The van der Waals surface area contributed by atoms with Gasteiger partial charge in [0.1, 0.15) is 28.7 Å². The Kier molecular flexibility index (Phi) is 9.32. The van der Waals surface area contributed by atoms with E-state index in [0.29, 0.717) is 22.9 Å². The Bertz CT molecular complexity index is 1440. The second-order valence-electron chi connectivity index (χ2n) is 7.83. The minimum Gasteiger partial charge on any atom is -0.456 e. The minimum absolute atomic E-state index is 0.000759. The average Bonchev–Trinajstić information content (AvgIpc) is 3.12. The van der Waals surface area contributed by atoms with Gasteiger partial charge in [0.25, 0.3) is 11.5 Å². The number of hydrogen-bond donors (Lipinski definition) is 4. The van der Waals surface area contributed by atoms with Gasteiger partial charge in [-0.3, -0.25) is 19.6 Å². The van der Waals surface area contributed by atoms with Crippen LogP contribution < -0.4 is 26.2 Å². The molecule has 0 saturated heterocycles. The molecular formula is C26H29N7O5. The molecule has 0 spiro atoms. The molecule has 0 bridgehead atoms. The van der Waals surface area contributed by atoms with Gasteiger partial charge < -0.3 is 20.5 Å². The summed E-state index contributed by atoms with van der Waals surface area (Å²) in [5, 5.41) is 16.4. The number of nitrogens with zero attached hydrogens (tertiary/aromatic N) is 4. The van der Waals surface area contributed by atoms with Crippen molar-refractivity contribution in [3.05, 3.63) is 89.2 Å². The molecule has 0 aliphatic carbocycles. The highest BCUT2D eigenvalue weighted by Gasteiger charge is 2.22. The number of urea groups is 1. The number of nitrogens with one attached hydrogen (secondary N) is 3. The Balaban J connectivity index is 1.72. The molecule has 0 radical (unpaired) electrons. The third-order valence-corrected chi connectivity index (χ3v) is 5.31. The summed E-state index contributed by atoms with van der Waals surface area (Å²) in [5.41, 5.74) is 0.627. The fourth-order valence-corrected chi connectivity index (χ4v) is 3.42. The molecule has 0 saturated carbocycles. The van der Waals surface area contributed by atoms with E-state index >= 15 is 0 Å². The molecule has 38 heavy (non-hydrogen) atoms. The zero-order chi connectivity index (χ0) is 27.7. The van der Waals surface area contributed by atoms with Crippen molar-refractivity contribution in [1.29, 1.82) is 0 Å². The van der Waals surface area contributed by atoms with Crippen molar-refractivity contribution in [2.45, 2.75) is 13.8 Å². The van der Waals surface area contributed by atoms with E-state index < -0.39 is 17.5 Å². The number of ether oxygens (including phenoxy) is 1. The van der Waals surface area contributed by atoms with E-state index in [1.807, 2.05) is 0 Å². The van der Waals surface area contributed by atoms with Crippen molar-refractivity contribution in [2.75, 3.05) is 23.8 Å². The molecule has 3 heterocycles. The largest absolute Gasteiger partial charge is 0.456 e. The SMILES string of the molecule is C=CC=CC(=CC)n1c(=O)c(C(=O)Nc2ccc(Oc3ccnc(NC(=O)NCCO)c3)cn2)c(C)n1C. The maximum atomic E-state index is 13.1. The van der Waals surface area contributed by atoms with Crippen molar-refractivity contribution < 1.29 is 19.4 Å². The Morgan fingerprint density at radius 2 is 1.95 bits per heavy atom. The summed E-state index contributed by atoms with van der Waals surface area (Å²) in [4.78, 5) is 46.1. The maximum Gasteiger partial charge on any atom is 0.320 e. The molecule has 3 aromatic rings. The molecule has 0 unspecified atom stereocenters. The van der Waals surface area contributed by atoms with Crippen LogP contribution in [0.1, 0.15) is 23.0 Å². The normalized spacial score (nSPS) is 11.3. The zero-order valence-electron chi connectivity index (χ0n) is 21.3. The zero-order valence-corrected chi connectivity index (χ0v) is 21.3. The molecule has 0 aliphatic rings. The van der Waals surface area contributed by atoms with Gasteiger partial charge in [-0.25, -0.2) is 19.4 Å². The van der Waals surface area contributed by atoms with Crippen LogP contribution in [0.5, 0.6) is 11.5 Å². The fraction of sp³-hybridized carbons (Fsp3) is 0.192. The molecular weight excluding hydrogens is 490 g/mol. The van der Waals surface area contributed by atoms with Crippen LogP contribution in [-0.2, 0) is 7.05 Å². The summed E-state index contributed by atoms with van der Waals surface area (Å²) in [6.07, 6.45) is 9.66. The number of allylic oxidation sites excluding steroid dienone is 5. The van der Waals surface area contributed by atoms with Crippen LogP contribution in [-0.4, -0.2) is 49.5 Å². The number of carbonyl (C=O) groups is 2. The first kappa shape index (κ1) is 27.6. The van der Waals surface area contributed by atoms with E-state index in [2.05, 4.69) is 32.5 Å². The maximum absolute atomic E-state index is 13.1. The van der Waals surface area contributed by atoms with Gasteiger partial charge in [0.15, 0.2) is 0 Å². The number of aromatic nitrogens is 4. The second-order valence-corrected chi connectivity index (χ2v) is 7.83. The summed E-state index contributed by atoms with van der Waals surface area (Å²) in [5.74, 6) is 0.652. The number of hydrogen-bond acceptors (Lipinski definition) is 7. The van der Waals surface area contributed by atoms with Gasteiger partial charge in [-0.05, 0) is 38.1 Å². The van der Waals surface area contributed by atoms with Gasteiger partial charge in [-0.1, -0.05) is 24.8 Å². The molecule has 3 amide bonds. The molecule has 12 nitrogen and oxygen atoms in total. The van der Waals surface area contributed by atoms with Crippen LogP contribution in [0.15, 0.2) is 72.3 Å². The number of pyridine rings is 2. The molecule has 3 aromatic heterocycles. The monoisotopic (exact) mass is 519 g/mol. The summed E-state index contributed by atoms with van der Waals surface area (Å²) in [7, 11) is 1.70. The number of carbonyl (C=O) groups excluding carboxylic acids is 2. The molecule has 0 atom stereocenters. The lowest BCUT2D eigenvalue weighted by molar-refractivity contribution is 0.102. The molecule has 3 rings (SSSR count). The number of rotatable bonds is 10. The third kappa shape index (κ3) is 6.62. The van der Waals surface area contributed by atoms with Gasteiger partial charge in [0, 0.05) is 25.9 Å². The van der Waals surface area contributed by atoms with Gasteiger partial charge in [0.05, 0.1) is 24.2 Å². The Hall–Kier alpha value is -4.97. The molecule has 198 valence electrons. The number of anilines is 2. The fourth-order valence-electron chi connectivity index (χ4n) is 3.42. The third-order valence-electron chi connectivity index (χ3n) is 5.31. The van der Waals surface area contributed by atoms with Crippen molar-refractivity contribution in [3.8, 4) is 11.5 Å². The van der Waals surface area contributed by atoms with Crippen LogP contribution >= 0.6 is 0 Å². The Labute approximate surface area is 219 Å². The van der Waals surface area contributed by atoms with Crippen LogP contribution in [0, 0.1) is 6.92 Å². The van der Waals surface area contributed by atoms with E-state index in [0.717, 1.165) is 0 Å². The van der Waals surface area contributed by atoms with Crippen LogP contribution in [0.25, 0.3) is 5.70 Å². The summed E-state index contributed by atoms with van der Waals surface area (Å²) in [6.45, 7) is 7.06. The highest BCUT2D eigenvalue weighted by atomic mass is 16.5. The lowest BCUT2D eigenvalue weighted by Gasteiger charge is -2.09. The van der Waals surface area contributed by atoms with Crippen molar-refractivity contribution in [2.24, 2.45) is 7.05 Å². The second kappa shape index (κ2) is 12.8. The van der Waals surface area contributed by atoms with E-state index in [9.17, 15) is 14.4 Å². The van der Waals surface area contributed by atoms with E-state index in [1.54, 1.807) is 62.0 Å². The summed E-state index contributed by atoms with van der Waals surface area (Å²) < 4.78 is 8.77. The van der Waals surface area contributed by atoms with Gasteiger partial charge in [-0.2, -0.15) is 0 Å². The van der Waals surface area contributed by atoms with Crippen molar-refractivity contribution in [3.63, 3.8) is 0 Å². The number of aliphatic hydroxyl groups is 1. The topological polar surface area (TPSA) is 152 Å². The predicted octanol–water partition coefficient (Wildman–Crippen LogP) is 3.05. The standard InChI is InChI=1S/C26H29N7O5/c1-5-7-8-18(6-2)33-25(36)23(17(3)32(33)4)24(35)30-21-10-9-20(16-29-21)38-19-11-12-27-22(15-19)31-26(37)28-13-14-34/h5-12,15-16,34H,1,13-14H2,2-4H3,(H,29,30,35)(H2,27,28,31,37). The van der Waals surface area contributed by atoms with E-state index in [4.69, 9.17) is 9.84 Å². The smallest absolute Gasteiger partial charge is 0.320 e. The highest BCUT2D eigenvalue weighted by molar-refractivity contribution is 6.04. The Morgan fingerprint density at radius 3 is 2.61 bits per heavy atom. The first-order valence-electron chi connectivity index (χ1n) is 11.6. The average molecular weight is 520 g/mol. The van der Waals surface area contributed by atoms with Gasteiger partial charge >= 0.3 is 6.03 Å². The van der Waals surface area contributed by atoms with Crippen molar-refractivity contribution in [1.82, 2.24) is 24.6 Å². The van der Waals surface area contributed by atoms with Crippen LogP contribution in [0.4, 0.5) is 16.4 Å². The summed E-state index contributed by atoms with van der Waals surface area (Å²) >= 11 is 0. The molecule has 0 aliphatic heterocycles. The first-order valence-corrected chi connectivity index (χ1v) is 11.6. The number of amides is 3. The van der Waals surface area contributed by atoms with Crippen LogP contribution in [0.2, 0.25) is 0 Å². The van der Waals surface area contributed by atoms with Crippen molar-refractivity contribution >= 4 is 29.3 Å². The van der Waals surface area contributed by atoms with E-state index in [-0.39, 0.29) is 30.4 Å². The minimum atomic E-state index is -0.588. The lowest BCUT2D eigenvalue weighted by Crippen LogP contribution is -2.31. The Morgan fingerprint density at radius 1 is 1.16 bits per heavy atom. The van der Waals surface area contributed by atoms with E-state index in [1.165, 1.54) is 29.2 Å². The highest BCUT2D eigenvalue weighted by Crippen LogP contribution is 2.23. The molecule has 0 fully saturated rings. The van der Waals surface area contributed by atoms with Crippen LogP contribution in [0.3, 0.4) is 0 Å². The summed E-state index contributed by atoms with van der Waals surface area (Å²) in [6, 6.07) is 5.73. The van der Waals surface area contributed by atoms with Gasteiger partial charge in [-0.15, -0.1) is 0 Å². The van der Waals surface area contributed by atoms with Gasteiger partial charge in [0.2, 0.25) is 0 Å². The predicted molar refractivity (Wildman–Crippen MR) is 144 cm³/mol. The molecule has 0 aromatic carbocycles. The molecule has 12 heteroatoms. The quantitative estimate of drug-likeness (QED) is 0.300. The molecule has 4 N–H and O–H groups in total.